The summed E-state index contributed by atoms with van der Waals surface area (Å²) in [4.78, 5) is 0. The van der Waals surface area contributed by atoms with Gasteiger partial charge in [0, 0.05) is 0 Å². The molecule has 0 bridgehead atoms. The van der Waals surface area contributed by atoms with E-state index in [4.69, 9.17) is 10.8 Å². The molecule has 2 nitrogen and oxygen atoms in total. The zero-order chi connectivity index (χ0) is 8.81. The second-order valence-corrected chi connectivity index (χ2v) is 3.31. The van der Waals surface area contributed by atoms with Crippen molar-refractivity contribution in [1.29, 1.82) is 0 Å². The number of allylic oxidation sites excluding steroid dienone is 4. The molecule has 3 N–H and O–H groups in total. The quantitative estimate of drug-likeness (QED) is 0.624. The number of nitrogens with two attached hydrogens (primary N) is 1. The first-order chi connectivity index (χ1) is 5.79. The topological polar surface area (TPSA) is 46.2 Å². The summed E-state index contributed by atoms with van der Waals surface area (Å²) in [5, 5.41) is 8.83. The van der Waals surface area contributed by atoms with E-state index in [1.165, 1.54) is 0 Å². The molecule has 0 spiro atoms. The van der Waals surface area contributed by atoms with Crippen LogP contribution in [-0.4, -0.2) is 11.3 Å². The van der Waals surface area contributed by atoms with Crippen LogP contribution in [-0.2, 0) is 0 Å². The highest BCUT2D eigenvalue weighted by molar-refractivity contribution is 5.10. The monoisotopic (exact) mass is 167 g/mol. The van der Waals surface area contributed by atoms with E-state index < -0.39 is 6.23 Å². The fraction of sp³-hybridized carbons (Fsp3) is 0.600. The number of aliphatic hydroxyl groups is 1. The van der Waals surface area contributed by atoms with Crippen LogP contribution in [0.2, 0.25) is 0 Å². The van der Waals surface area contributed by atoms with Gasteiger partial charge in [-0.25, -0.2) is 0 Å². The van der Waals surface area contributed by atoms with Gasteiger partial charge in [0.05, 0.1) is 0 Å². The Kier molecular flexibility index (Phi) is 4.05. The largest absolute Gasteiger partial charge is 0.379 e. The maximum Gasteiger partial charge on any atom is 0.102 e. The van der Waals surface area contributed by atoms with Crippen molar-refractivity contribution in [3.8, 4) is 0 Å². The molecule has 2 heteroatoms. The molecule has 0 radical (unpaired) electrons. The van der Waals surface area contributed by atoms with Crippen LogP contribution in [0.3, 0.4) is 0 Å². The van der Waals surface area contributed by atoms with Gasteiger partial charge >= 0.3 is 0 Å². The molecule has 1 rings (SSSR count). The summed E-state index contributed by atoms with van der Waals surface area (Å²) in [5.41, 5.74) is 5.23. The maximum atomic E-state index is 8.83. The smallest absolute Gasteiger partial charge is 0.102 e. The van der Waals surface area contributed by atoms with Crippen LogP contribution >= 0.6 is 0 Å². The molecule has 12 heavy (non-hydrogen) atoms. The average Bonchev–Trinajstić information content (AvgIpc) is 2.05. The third-order valence-corrected chi connectivity index (χ3v) is 2.14. The normalized spacial score (nSPS) is 24.3. The van der Waals surface area contributed by atoms with Gasteiger partial charge in [0.1, 0.15) is 6.23 Å². The van der Waals surface area contributed by atoms with Crippen molar-refractivity contribution in [1.82, 2.24) is 0 Å². The number of hydrogen-bond acceptors (Lipinski definition) is 2. The highest BCUT2D eigenvalue weighted by Crippen LogP contribution is 2.18. The van der Waals surface area contributed by atoms with Crippen LogP contribution in [0.1, 0.15) is 25.7 Å². The van der Waals surface area contributed by atoms with Gasteiger partial charge in [-0.2, -0.15) is 0 Å². The van der Waals surface area contributed by atoms with Crippen molar-refractivity contribution < 1.29 is 5.11 Å². The predicted molar refractivity (Wildman–Crippen MR) is 50.4 cm³/mol. The Morgan fingerprint density at radius 3 is 2.92 bits per heavy atom. The van der Waals surface area contributed by atoms with Crippen molar-refractivity contribution in [2.45, 2.75) is 31.9 Å². The Morgan fingerprint density at radius 2 is 2.33 bits per heavy atom. The molecule has 2 unspecified atom stereocenters. The predicted octanol–water partition coefficient (Wildman–Crippen LogP) is 1.57. The first kappa shape index (κ1) is 9.49. The summed E-state index contributed by atoms with van der Waals surface area (Å²) in [6.45, 7) is 0. The fourth-order valence-corrected chi connectivity index (χ4v) is 1.44. The zero-order valence-electron chi connectivity index (χ0n) is 7.32. The minimum atomic E-state index is -0.631. The van der Waals surface area contributed by atoms with Gasteiger partial charge in [0.2, 0.25) is 0 Å². The standard InChI is InChI=1S/C10H17NO/c11-10(12)8-4-7-9-5-2-1-3-6-9/h1-3,5,9-10,12H,4,6-8,11H2. The molecule has 0 amide bonds. The molecular formula is C10H17NO. The molecule has 0 heterocycles. The Hall–Kier alpha value is -0.600. The molecular weight excluding hydrogens is 150 g/mol. The molecule has 0 saturated carbocycles. The highest BCUT2D eigenvalue weighted by atomic mass is 16.3. The van der Waals surface area contributed by atoms with E-state index in [1.807, 2.05) is 0 Å². The molecule has 0 aliphatic heterocycles. The summed E-state index contributed by atoms with van der Waals surface area (Å²) in [7, 11) is 0. The van der Waals surface area contributed by atoms with Gasteiger partial charge in [0.15, 0.2) is 0 Å². The lowest BCUT2D eigenvalue weighted by Gasteiger charge is -2.12. The number of hydrogen-bond donors (Lipinski definition) is 2. The molecule has 1 aliphatic rings. The molecule has 0 fully saturated rings. The van der Waals surface area contributed by atoms with Crippen LogP contribution in [0, 0.1) is 5.92 Å². The second kappa shape index (κ2) is 5.12. The second-order valence-electron chi connectivity index (χ2n) is 3.31. The maximum absolute atomic E-state index is 8.83. The summed E-state index contributed by atoms with van der Waals surface area (Å²) in [6, 6.07) is 0. The Bertz CT molecular complexity index is 173. The van der Waals surface area contributed by atoms with Crippen molar-refractivity contribution >= 4 is 0 Å². The fourth-order valence-electron chi connectivity index (χ4n) is 1.44. The van der Waals surface area contributed by atoms with E-state index in [1.54, 1.807) is 0 Å². The highest BCUT2D eigenvalue weighted by Gasteiger charge is 2.05. The van der Waals surface area contributed by atoms with Crippen molar-refractivity contribution in [3.63, 3.8) is 0 Å². The van der Waals surface area contributed by atoms with E-state index in [2.05, 4.69) is 24.3 Å². The van der Waals surface area contributed by atoms with Gasteiger partial charge in [-0.15, -0.1) is 0 Å². The summed E-state index contributed by atoms with van der Waals surface area (Å²) in [5.74, 6) is 0.661. The third-order valence-electron chi connectivity index (χ3n) is 2.14. The van der Waals surface area contributed by atoms with Crippen LogP contribution in [0.15, 0.2) is 24.3 Å². The van der Waals surface area contributed by atoms with E-state index in [9.17, 15) is 0 Å². The first-order valence-corrected chi connectivity index (χ1v) is 4.56. The lowest BCUT2D eigenvalue weighted by Crippen LogP contribution is -2.18. The lowest BCUT2D eigenvalue weighted by molar-refractivity contribution is 0.167. The minimum Gasteiger partial charge on any atom is -0.379 e. The number of rotatable bonds is 4. The van der Waals surface area contributed by atoms with Gasteiger partial charge in [-0.1, -0.05) is 24.3 Å². The van der Waals surface area contributed by atoms with Crippen molar-refractivity contribution in [2.24, 2.45) is 11.7 Å². The third kappa shape index (κ3) is 3.69. The molecule has 0 saturated heterocycles. The minimum absolute atomic E-state index is 0.631. The summed E-state index contributed by atoms with van der Waals surface area (Å²) < 4.78 is 0. The molecule has 0 aromatic carbocycles. The number of aliphatic hydroxyl groups excluding tert-OH is 1. The summed E-state index contributed by atoms with van der Waals surface area (Å²) in [6.07, 6.45) is 11.9. The molecule has 1 aliphatic carbocycles. The van der Waals surface area contributed by atoms with Crippen molar-refractivity contribution in [3.05, 3.63) is 24.3 Å². The molecule has 0 aromatic rings. The van der Waals surface area contributed by atoms with Crippen LogP contribution in [0.5, 0.6) is 0 Å². The SMILES string of the molecule is NC(O)CCCC1C=CC=CC1. The Balaban J connectivity index is 2.07. The van der Waals surface area contributed by atoms with Gasteiger partial charge in [-0.3, -0.25) is 0 Å². The van der Waals surface area contributed by atoms with Gasteiger partial charge in [-0.05, 0) is 31.6 Å². The lowest BCUT2D eigenvalue weighted by atomic mass is 9.95. The molecule has 2 atom stereocenters. The van der Waals surface area contributed by atoms with E-state index in [-0.39, 0.29) is 0 Å². The molecule has 68 valence electrons. The first-order valence-electron chi connectivity index (χ1n) is 4.56. The Morgan fingerprint density at radius 1 is 1.50 bits per heavy atom. The summed E-state index contributed by atoms with van der Waals surface area (Å²) >= 11 is 0. The van der Waals surface area contributed by atoms with E-state index in [0.717, 1.165) is 19.3 Å². The van der Waals surface area contributed by atoms with Crippen LogP contribution in [0.4, 0.5) is 0 Å². The zero-order valence-corrected chi connectivity index (χ0v) is 7.32. The average molecular weight is 167 g/mol. The van der Waals surface area contributed by atoms with E-state index in [0.29, 0.717) is 12.3 Å². The van der Waals surface area contributed by atoms with E-state index >= 15 is 0 Å². The van der Waals surface area contributed by atoms with Gasteiger partial charge in [0.25, 0.3) is 0 Å². The van der Waals surface area contributed by atoms with Crippen LogP contribution in [0.25, 0.3) is 0 Å². The molecule has 0 aromatic heterocycles. The van der Waals surface area contributed by atoms with Crippen LogP contribution < -0.4 is 5.73 Å². The Labute approximate surface area is 73.8 Å². The van der Waals surface area contributed by atoms with Gasteiger partial charge < -0.3 is 10.8 Å². The van der Waals surface area contributed by atoms with Crippen molar-refractivity contribution in [2.75, 3.05) is 0 Å².